The number of nitriles is 1. The number of hydrogen-bond donors (Lipinski definition) is 0. The first-order valence-electron chi connectivity index (χ1n) is 4.56. The van der Waals surface area contributed by atoms with Crippen LogP contribution < -0.4 is 0 Å². The molecule has 1 amide bonds. The number of likely N-dealkylation sites (tertiary alicyclic amines) is 1. The van der Waals surface area contributed by atoms with E-state index in [4.69, 9.17) is 5.26 Å². The van der Waals surface area contributed by atoms with Gasteiger partial charge in [0.2, 0.25) is 5.91 Å². The fourth-order valence-corrected chi connectivity index (χ4v) is 1.82. The number of hydrogen-bond acceptors (Lipinski definition) is 2. The molecule has 1 aliphatic heterocycles. The Balaban J connectivity index is 2.33. The third-order valence-corrected chi connectivity index (χ3v) is 2.63. The second-order valence-corrected chi connectivity index (χ2v) is 3.48. The summed E-state index contributed by atoms with van der Waals surface area (Å²) in [4.78, 5) is 13.4. The Kier molecular flexibility index (Phi) is 2.01. The van der Waals surface area contributed by atoms with Crippen molar-refractivity contribution in [3.8, 4) is 6.07 Å². The van der Waals surface area contributed by atoms with Crippen LogP contribution in [0.1, 0.15) is 18.2 Å². The summed E-state index contributed by atoms with van der Waals surface area (Å²) in [6.45, 7) is 0.770. The molecule has 0 N–H and O–H groups in total. The molecule has 1 atom stereocenters. The van der Waals surface area contributed by atoms with Crippen LogP contribution in [-0.2, 0) is 4.79 Å². The van der Waals surface area contributed by atoms with E-state index in [9.17, 15) is 4.79 Å². The monoisotopic (exact) mass is 189 g/mol. The third-order valence-electron chi connectivity index (χ3n) is 2.63. The number of aromatic nitrogens is 1. The van der Waals surface area contributed by atoms with E-state index in [1.807, 2.05) is 0 Å². The Hall–Kier alpha value is -1.76. The second kappa shape index (κ2) is 3.18. The lowest BCUT2D eigenvalue weighted by atomic mass is 10.2. The smallest absolute Gasteiger partial charge is 0.245 e. The van der Waals surface area contributed by atoms with Crippen molar-refractivity contribution >= 4 is 5.91 Å². The Morgan fingerprint density at radius 2 is 2.43 bits per heavy atom. The van der Waals surface area contributed by atoms with E-state index in [0.29, 0.717) is 5.69 Å². The molecule has 1 fully saturated rings. The Morgan fingerprint density at radius 1 is 1.64 bits per heavy atom. The normalized spacial score (nSPS) is 21.3. The number of amides is 1. The Labute approximate surface area is 82.3 Å². The van der Waals surface area contributed by atoms with Crippen molar-refractivity contribution in [2.75, 3.05) is 13.6 Å². The summed E-state index contributed by atoms with van der Waals surface area (Å²) in [6, 6.07) is 5.43. The highest BCUT2D eigenvalue weighted by Crippen LogP contribution is 2.23. The molecule has 1 aromatic rings. The summed E-state index contributed by atoms with van der Waals surface area (Å²) in [6.07, 6.45) is 2.58. The lowest BCUT2D eigenvalue weighted by Crippen LogP contribution is -2.24. The van der Waals surface area contributed by atoms with Crippen LogP contribution in [0.3, 0.4) is 0 Å². The number of carbonyl (C=O) groups is 1. The van der Waals surface area contributed by atoms with Gasteiger partial charge in [0.05, 0.1) is 0 Å². The van der Waals surface area contributed by atoms with Gasteiger partial charge in [-0.3, -0.25) is 4.79 Å². The molecule has 1 unspecified atom stereocenters. The van der Waals surface area contributed by atoms with Crippen molar-refractivity contribution in [1.29, 1.82) is 5.26 Å². The van der Waals surface area contributed by atoms with Crippen LogP contribution in [0.2, 0.25) is 0 Å². The highest BCUT2D eigenvalue weighted by molar-refractivity contribution is 5.82. The van der Waals surface area contributed by atoms with Crippen molar-refractivity contribution in [3.63, 3.8) is 0 Å². The fraction of sp³-hybridized carbons (Fsp3) is 0.400. The molecule has 4 heteroatoms. The quantitative estimate of drug-likeness (QED) is 0.655. The summed E-state index contributed by atoms with van der Waals surface area (Å²) >= 11 is 0. The van der Waals surface area contributed by atoms with Crippen molar-refractivity contribution in [1.82, 2.24) is 9.47 Å². The highest BCUT2D eigenvalue weighted by atomic mass is 16.2. The lowest BCUT2D eigenvalue weighted by molar-refractivity contribution is -0.129. The summed E-state index contributed by atoms with van der Waals surface area (Å²) in [5, 5.41) is 8.82. The largest absolute Gasteiger partial charge is 0.344 e. The molecule has 1 aromatic heterocycles. The molecule has 1 saturated heterocycles. The molecule has 0 saturated carbocycles. The topological polar surface area (TPSA) is 49.0 Å². The van der Waals surface area contributed by atoms with E-state index in [1.165, 1.54) is 0 Å². The van der Waals surface area contributed by atoms with Crippen molar-refractivity contribution in [3.05, 3.63) is 24.0 Å². The average Bonchev–Trinajstić information content (AvgIpc) is 2.75. The van der Waals surface area contributed by atoms with Crippen LogP contribution in [0.5, 0.6) is 0 Å². The number of nitrogens with zero attached hydrogens (tertiary/aromatic N) is 3. The maximum atomic E-state index is 11.7. The predicted octanol–water partition coefficient (Wildman–Crippen LogP) is 0.763. The molecule has 2 heterocycles. The molecule has 0 bridgehead atoms. The SMILES string of the molecule is CN1CCC(n2cccc2C#N)C1=O. The van der Waals surface area contributed by atoms with Crippen molar-refractivity contribution in [2.45, 2.75) is 12.5 Å². The molecule has 0 spiro atoms. The molecular formula is C10H11N3O. The standard InChI is InChI=1S/C10H11N3O/c1-12-6-4-9(10(12)14)13-5-2-3-8(13)7-11/h2-3,5,9H,4,6H2,1H3. The van der Waals surface area contributed by atoms with Gasteiger partial charge in [0.25, 0.3) is 0 Å². The van der Waals surface area contributed by atoms with Crippen LogP contribution in [0.15, 0.2) is 18.3 Å². The van der Waals surface area contributed by atoms with Gasteiger partial charge in [-0.25, -0.2) is 0 Å². The molecule has 0 radical (unpaired) electrons. The molecule has 1 aliphatic rings. The molecule has 0 aromatic carbocycles. The van der Waals surface area contributed by atoms with E-state index in [1.54, 1.807) is 34.8 Å². The fourth-order valence-electron chi connectivity index (χ4n) is 1.82. The van der Waals surface area contributed by atoms with E-state index in [0.717, 1.165) is 13.0 Å². The van der Waals surface area contributed by atoms with Gasteiger partial charge < -0.3 is 9.47 Å². The van der Waals surface area contributed by atoms with Crippen molar-refractivity contribution < 1.29 is 4.79 Å². The average molecular weight is 189 g/mol. The molecule has 72 valence electrons. The van der Waals surface area contributed by atoms with Crippen LogP contribution in [0.25, 0.3) is 0 Å². The predicted molar refractivity (Wildman–Crippen MR) is 50.4 cm³/mol. The lowest BCUT2D eigenvalue weighted by Gasteiger charge is -2.12. The Bertz CT molecular complexity index is 402. The first-order valence-corrected chi connectivity index (χ1v) is 4.56. The maximum absolute atomic E-state index is 11.7. The van der Waals surface area contributed by atoms with E-state index in [2.05, 4.69) is 6.07 Å². The third kappa shape index (κ3) is 1.18. The van der Waals surface area contributed by atoms with Gasteiger partial charge in [-0.1, -0.05) is 0 Å². The van der Waals surface area contributed by atoms with E-state index >= 15 is 0 Å². The van der Waals surface area contributed by atoms with Crippen LogP contribution in [0, 0.1) is 11.3 Å². The van der Waals surface area contributed by atoms with Gasteiger partial charge >= 0.3 is 0 Å². The zero-order valence-electron chi connectivity index (χ0n) is 7.97. The number of rotatable bonds is 1. The van der Waals surface area contributed by atoms with Gasteiger partial charge in [-0.05, 0) is 18.6 Å². The van der Waals surface area contributed by atoms with Gasteiger partial charge in [0.1, 0.15) is 17.8 Å². The number of carbonyl (C=O) groups excluding carboxylic acids is 1. The number of likely N-dealkylation sites (N-methyl/N-ethyl adjacent to an activating group) is 1. The minimum absolute atomic E-state index is 0.0951. The molecule has 2 rings (SSSR count). The molecular weight excluding hydrogens is 178 g/mol. The summed E-state index contributed by atoms with van der Waals surface area (Å²) in [7, 11) is 1.79. The van der Waals surface area contributed by atoms with Gasteiger partial charge in [0.15, 0.2) is 0 Å². The molecule has 4 nitrogen and oxygen atoms in total. The van der Waals surface area contributed by atoms with Crippen LogP contribution in [-0.4, -0.2) is 29.0 Å². The second-order valence-electron chi connectivity index (χ2n) is 3.48. The van der Waals surface area contributed by atoms with E-state index in [-0.39, 0.29) is 11.9 Å². The first-order chi connectivity index (χ1) is 6.74. The summed E-state index contributed by atoms with van der Waals surface area (Å²) in [5.74, 6) is 0.0951. The molecule has 0 aliphatic carbocycles. The van der Waals surface area contributed by atoms with E-state index < -0.39 is 0 Å². The Morgan fingerprint density at radius 3 is 3.00 bits per heavy atom. The molecule has 14 heavy (non-hydrogen) atoms. The summed E-state index contributed by atoms with van der Waals surface area (Å²) < 4.78 is 1.76. The minimum Gasteiger partial charge on any atom is -0.344 e. The summed E-state index contributed by atoms with van der Waals surface area (Å²) in [5.41, 5.74) is 0.554. The highest BCUT2D eigenvalue weighted by Gasteiger charge is 2.30. The maximum Gasteiger partial charge on any atom is 0.245 e. The van der Waals surface area contributed by atoms with Gasteiger partial charge in [-0.2, -0.15) is 5.26 Å². The zero-order chi connectivity index (χ0) is 10.1. The first kappa shape index (κ1) is 8.82. The van der Waals surface area contributed by atoms with Gasteiger partial charge in [0, 0.05) is 19.8 Å². The zero-order valence-corrected chi connectivity index (χ0v) is 7.97. The van der Waals surface area contributed by atoms with Crippen LogP contribution >= 0.6 is 0 Å². The van der Waals surface area contributed by atoms with Gasteiger partial charge in [-0.15, -0.1) is 0 Å². The van der Waals surface area contributed by atoms with Crippen molar-refractivity contribution in [2.24, 2.45) is 0 Å². The van der Waals surface area contributed by atoms with Crippen LogP contribution in [0.4, 0.5) is 0 Å². The minimum atomic E-state index is -0.176.